The highest BCUT2D eigenvalue weighted by Gasteiger charge is 2.18. The van der Waals surface area contributed by atoms with Crippen molar-refractivity contribution >= 4 is 33.3 Å². The molecule has 9 heteroatoms. The minimum absolute atomic E-state index is 0.0860. The van der Waals surface area contributed by atoms with Crippen LogP contribution in [0.3, 0.4) is 0 Å². The molecule has 1 aromatic heterocycles. The lowest BCUT2D eigenvalue weighted by atomic mass is 10.3. The number of rotatable bonds is 5. The Bertz CT molecular complexity index is 672. The first-order valence-corrected chi connectivity index (χ1v) is 6.68. The summed E-state index contributed by atoms with van der Waals surface area (Å²) in [4.78, 5) is 21.7. The number of hydrogen-bond acceptors (Lipinski definition) is 4. The Hall–Kier alpha value is -2.29. The van der Waals surface area contributed by atoms with Gasteiger partial charge in [-0.1, -0.05) is 0 Å². The van der Waals surface area contributed by atoms with Crippen LogP contribution in [-0.4, -0.2) is 20.6 Å². The molecule has 0 fully saturated rings. The molecule has 0 radical (unpaired) electrons. The van der Waals surface area contributed by atoms with Crippen LogP contribution in [0.15, 0.2) is 34.9 Å². The van der Waals surface area contributed by atoms with Crippen molar-refractivity contribution in [1.29, 1.82) is 0 Å². The summed E-state index contributed by atoms with van der Waals surface area (Å²) in [6.07, 6.45) is 1.52. The smallest absolute Gasteiger partial charge is 0.358 e. The zero-order valence-electron chi connectivity index (χ0n) is 10.6. The highest BCUT2D eigenvalue weighted by Crippen LogP contribution is 2.22. The van der Waals surface area contributed by atoms with Crippen LogP contribution < -0.4 is 5.32 Å². The van der Waals surface area contributed by atoms with Gasteiger partial charge < -0.3 is 15.4 Å². The number of anilines is 1. The summed E-state index contributed by atoms with van der Waals surface area (Å²) in [5, 5.41) is 17.0. The molecule has 0 aliphatic carbocycles. The van der Waals surface area contributed by atoms with Crippen LogP contribution in [-0.2, 0) is 11.3 Å². The average Bonchev–Trinajstić information content (AvgIpc) is 2.81. The third kappa shape index (κ3) is 4.09. The molecule has 1 N–H and O–H groups in total. The summed E-state index contributed by atoms with van der Waals surface area (Å²) in [5.74, 6) is -0.980. The van der Waals surface area contributed by atoms with Gasteiger partial charge in [-0.3, -0.25) is 4.79 Å². The average molecular weight is 357 g/mol. The van der Waals surface area contributed by atoms with Gasteiger partial charge in [0.1, 0.15) is 10.3 Å². The van der Waals surface area contributed by atoms with E-state index in [1.54, 1.807) is 0 Å². The van der Waals surface area contributed by atoms with Crippen molar-refractivity contribution in [2.45, 2.75) is 13.0 Å². The van der Waals surface area contributed by atoms with E-state index in [-0.39, 0.29) is 35.0 Å². The van der Waals surface area contributed by atoms with Gasteiger partial charge in [0.25, 0.3) is 0 Å². The topological polar surface area (TPSA) is 90.1 Å². The predicted octanol–water partition coefficient (Wildman–Crippen LogP) is 2.72. The van der Waals surface area contributed by atoms with Crippen molar-refractivity contribution in [2.75, 3.05) is 5.32 Å². The fraction of sp³-hybridized carbons (Fsp3) is 0.167. The number of carbonyl (C=O) groups is 1. The Kier molecular flexibility index (Phi) is 4.63. The van der Waals surface area contributed by atoms with E-state index in [0.29, 0.717) is 5.69 Å². The third-order valence-corrected chi connectivity index (χ3v) is 3.13. The van der Waals surface area contributed by atoms with Crippen LogP contribution in [0.2, 0.25) is 0 Å². The van der Waals surface area contributed by atoms with Crippen molar-refractivity contribution in [1.82, 2.24) is 9.78 Å². The molecule has 1 heterocycles. The van der Waals surface area contributed by atoms with Gasteiger partial charge in [0.15, 0.2) is 0 Å². The predicted molar refractivity (Wildman–Crippen MR) is 76.2 cm³/mol. The third-order valence-electron chi connectivity index (χ3n) is 2.57. The summed E-state index contributed by atoms with van der Waals surface area (Å²) in [6.45, 7) is 0.194. The molecular formula is C12H10BrFN4O3. The minimum atomic E-state index is -0.612. The lowest BCUT2D eigenvalue weighted by molar-refractivity contribution is -0.390. The molecule has 1 amide bonds. The molecule has 21 heavy (non-hydrogen) atoms. The zero-order valence-corrected chi connectivity index (χ0v) is 12.2. The van der Waals surface area contributed by atoms with E-state index in [1.165, 1.54) is 35.1 Å². The first kappa shape index (κ1) is 15.1. The molecule has 0 saturated heterocycles. The van der Waals surface area contributed by atoms with Crippen molar-refractivity contribution in [3.63, 3.8) is 0 Å². The van der Waals surface area contributed by atoms with E-state index in [4.69, 9.17) is 0 Å². The van der Waals surface area contributed by atoms with Crippen molar-refractivity contribution < 1.29 is 14.1 Å². The molecule has 0 unspecified atom stereocenters. The first-order valence-electron chi connectivity index (χ1n) is 5.88. The Balaban J connectivity index is 1.90. The van der Waals surface area contributed by atoms with Gasteiger partial charge in [-0.2, -0.15) is 4.68 Å². The van der Waals surface area contributed by atoms with Crippen LogP contribution >= 0.6 is 15.9 Å². The van der Waals surface area contributed by atoms with E-state index in [0.717, 1.165) is 0 Å². The normalized spacial score (nSPS) is 10.4. The molecule has 1 aromatic carbocycles. The van der Waals surface area contributed by atoms with E-state index >= 15 is 0 Å². The minimum Gasteiger partial charge on any atom is -0.358 e. The number of nitrogens with zero attached hydrogens (tertiary/aromatic N) is 3. The van der Waals surface area contributed by atoms with E-state index < -0.39 is 4.92 Å². The van der Waals surface area contributed by atoms with Crippen molar-refractivity contribution in [2.24, 2.45) is 0 Å². The summed E-state index contributed by atoms with van der Waals surface area (Å²) in [7, 11) is 0. The van der Waals surface area contributed by atoms with Gasteiger partial charge in [-0.05, 0) is 45.1 Å². The maximum atomic E-state index is 12.7. The number of benzene rings is 1. The number of carbonyl (C=O) groups excluding carboxylic acids is 1. The fourth-order valence-corrected chi connectivity index (χ4v) is 2.06. The second-order valence-electron chi connectivity index (χ2n) is 4.13. The lowest BCUT2D eigenvalue weighted by Crippen LogP contribution is -2.14. The molecular weight excluding hydrogens is 347 g/mol. The maximum absolute atomic E-state index is 12.7. The summed E-state index contributed by atoms with van der Waals surface area (Å²) in [6, 6.07) is 5.37. The van der Waals surface area contributed by atoms with E-state index in [2.05, 4.69) is 26.3 Å². The van der Waals surface area contributed by atoms with Gasteiger partial charge in [-0.25, -0.2) is 4.39 Å². The lowest BCUT2D eigenvalue weighted by Gasteiger charge is -2.04. The van der Waals surface area contributed by atoms with Gasteiger partial charge in [0.05, 0.1) is 17.8 Å². The Morgan fingerprint density at radius 3 is 2.67 bits per heavy atom. The number of nitrogens with one attached hydrogen (secondary N) is 1. The molecule has 0 aliphatic heterocycles. The molecule has 7 nitrogen and oxygen atoms in total. The fourth-order valence-electron chi connectivity index (χ4n) is 1.60. The van der Waals surface area contributed by atoms with Gasteiger partial charge in [0, 0.05) is 12.1 Å². The molecule has 2 aromatic rings. The van der Waals surface area contributed by atoms with Crippen LogP contribution in [0.1, 0.15) is 6.42 Å². The van der Waals surface area contributed by atoms with Crippen LogP contribution in [0.25, 0.3) is 0 Å². The number of nitro groups is 1. The molecule has 2 rings (SSSR count). The summed E-state index contributed by atoms with van der Waals surface area (Å²) < 4.78 is 14.3. The maximum Gasteiger partial charge on any atom is 0.404 e. The number of amides is 1. The van der Waals surface area contributed by atoms with Gasteiger partial charge >= 0.3 is 5.82 Å². The summed E-state index contributed by atoms with van der Waals surface area (Å²) in [5.41, 5.74) is 0.481. The Morgan fingerprint density at radius 2 is 2.10 bits per heavy atom. The highest BCUT2D eigenvalue weighted by molar-refractivity contribution is 9.10. The number of halogens is 2. The number of aryl methyl sites for hydroxylation is 1. The SMILES string of the molecule is O=C(CCn1cc(Br)c([N+](=O)[O-])n1)Nc1ccc(F)cc1. The standard InChI is InChI=1S/C12H10BrFN4O3/c13-10-7-17(16-12(10)18(20)21)6-5-11(19)15-9-3-1-8(14)2-4-9/h1-4,7H,5-6H2,(H,15,19). The molecule has 0 spiro atoms. The van der Waals surface area contributed by atoms with E-state index in [1.807, 2.05) is 0 Å². The van der Waals surface area contributed by atoms with Crippen molar-refractivity contribution in [3.8, 4) is 0 Å². The van der Waals surface area contributed by atoms with Crippen LogP contribution in [0.4, 0.5) is 15.9 Å². The molecule has 0 bridgehead atoms. The van der Waals surface area contributed by atoms with Crippen LogP contribution in [0, 0.1) is 15.9 Å². The zero-order chi connectivity index (χ0) is 15.4. The Labute approximate surface area is 127 Å². The molecule has 0 saturated carbocycles. The quantitative estimate of drug-likeness (QED) is 0.658. The number of aromatic nitrogens is 2. The monoisotopic (exact) mass is 356 g/mol. The highest BCUT2D eigenvalue weighted by atomic mass is 79.9. The van der Waals surface area contributed by atoms with Gasteiger partial charge in [-0.15, -0.1) is 0 Å². The number of hydrogen-bond donors (Lipinski definition) is 1. The van der Waals surface area contributed by atoms with E-state index in [9.17, 15) is 19.3 Å². The Morgan fingerprint density at radius 1 is 1.43 bits per heavy atom. The molecule has 0 aliphatic rings. The second kappa shape index (κ2) is 6.44. The van der Waals surface area contributed by atoms with Crippen molar-refractivity contribution in [3.05, 3.63) is 50.9 Å². The molecule has 0 atom stereocenters. The second-order valence-corrected chi connectivity index (χ2v) is 4.98. The first-order chi connectivity index (χ1) is 9.95. The van der Waals surface area contributed by atoms with Gasteiger partial charge in [0.2, 0.25) is 5.91 Å². The summed E-state index contributed by atoms with van der Waals surface area (Å²) >= 11 is 3.02. The molecule has 110 valence electrons. The van der Waals surface area contributed by atoms with Crippen LogP contribution in [0.5, 0.6) is 0 Å². The largest absolute Gasteiger partial charge is 0.404 e.